The zero-order chi connectivity index (χ0) is 21.7. The highest BCUT2D eigenvalue weighted by molar-refractivity contribution is 6.07. The van der Waals surface area contributed by atoms with Crippen LogP contribution in [0.2, 0.25) is 0 Å². The van der Waals surface area contributed by atoms with Crippen molar-refractivity contribution in [1.29, 1.82) is 0 Å². The number of carbonyl (C=O) groups excluding carboxylic acids is 2. The molecule has 2 N–H and O–H groups in total. The molecular weight excluding hydrogens is 390 g/mol. The number of carbonyl (C=O) groups is 2. The molecule has 0 unspecified atom stereocenters. The SMILES string of the molecule is O=C1NC2(CCCC2)C(=O)N1CCN(CCCO)C(c1ccccc1)c1ccccc1. The van der Waals surface area contributed by atoms with Crippen LogP contribution in [0.25, 0.3) is 0 Å². The Hall–Kier alpha value is -2.70. The minimum atomic E-state index is -0.675. The number of imide groups is 1. The van der Waals surface area contributed by atoms with E-state index in [0.29, 0.717) is 26.1 Å². The molecule has 2 fully saturated rings. The van der Waals surface area contributed by atoms with Gasteiger partial charge in [0.05, 0.1) is 6.04 Å². The zero-order valence-electron chi connectivity index (χ0n) is 17.9. The van der Waals surface area contributed by atoms with Crippen LogP contribution in [-0.2, 0) is 4.79 Å². The van der Waals surface area contributed by atoms with Crippen molar-refractivity contribution in [3.63, 3.8) is 0 Å². The van der Waals surface area contributed by atoms with E-state index < -0.39 is 5.54 Å². The first kappa shape index (κ1) is 21.5. The van der Waals surface area contributed by atoms with Crippen LogP contribution in [0, 0.1) is 0 Å². The van der Waals surface area contributed by atoms with Gasteiger partial charge in [-0.25, -0.2) is 4.79 Å². The Bertz CT molecular complexity index is 842. The van der Waals surface area contributed by atoms with E-state index in [4.69, 9.17) is 0 Å². The molecule has 0 radical (unpaired) electrons. The molecule has 6 nitrogen and oxygen atoms in total. The third-order valence-electron chi connectivity index (χ3n) is 6.51. The molecule has 0 aromatic heterocycles. The second-order valence-electron chi connectivity index (χ2n) is 8.51. The Labute approximate surface area is 183 Å². The van der Waals surface area contributed by atoms with E-state index in [9.17, 15) is 14.7 Å². The second kappa shape index (κ2) is 9.62. The van der Waals surface area contributed by atoms with Crippen molar-refractivity contribution in [2.45, 2.75) is 43.7 Å². The summed E-state index contributed by atoms with van der Waals surface area (Å²) in [6, 6.07) is 20.2. The molecule has 1 saturated heterocycles. The lowest BCUT2D eigenvalue weighted by Crippen LogP contribution is -2.45. The van der Waals surface area contributed by atoms with Crippen LogP contribution in [0.15, 0.2) is 60.7 Å². The van der Waals surface area contributed by atoms with Gasteiger partial charge in [0, 0.05) is 26.2 Å². The number of amides is 3. The first-order chi connectivity index (χ1) is 15.1. The highest BCUT2D eigenvalue weighted by atomic mass is 16.3. The summed E-state index contributed by atoms with van der Waals surface area (Å²) in [4.78, 5) is 29.3. The fraction of sp³-hybridized carbons (Fsp3) is 0.440. The zero-order valence-corrected chi connectivity index (χ0v) is 17.9. The number of aliphatic hydroxyl groups is 1. The highest BCUT2D eigenvalue weighted by Gasteiger charge is 2.52. The fourth-order valence-corrected chi connectivity index (χ4v) is 4.95. The van der Waals surface area contributed by atoms with Gasteiger partial charge in [0.1, 0.15) is 5.54 Å². The van der Waals surface area contributed by atoms with Gasteiger partial charge < -0.3 is 10.4 Å². The van der Waals surface area contributed by atoms with Gasteiger partial charge in [-0.1, -0.05) is 73.5 Å². The van der Waals surface area contributed by atoms with Crippen LogP contribution in [0.3, 0.4) is 0 Å². The largest absolute Gasteiger partial charge is 0.396 e. The van der Waals surface area contributed by atoms with Gasteiger partial charge in [0.2, 0.25) is 0 Å². The van der Waals surface area contributed by atoms with Crippen molar-refractivity contribution in [1.82, 2.24) is 15.1 Å². The number of benzene rings is 2. The number of hydrogen-bond donors (Lipinski definition) is 2. The minimum absolute atomic E-state index is 0.0184. The number of nitrogens with one attached hydrogen (secondary N) is 1. The average Bonchev–Trinajstić information content (AvgIpc) is 3.36. The fourth-order valence-electron chi connectivity index (χ4n) is 4.95. The lowest BCUT2D eigenvalue weighted by Gasteiger charge is -2.33. The average molecular weight is 422 g/mol. The Kier molecular flexibility index (Phi) is 6.68. The normalized spacial score (nSPS) is 17.8. The van der Waals surface area contributed by atoms with Gasteiger partial charge in [-0.15, -0.1) is 0 Å². The number of hydrogen-bond acceptors (Lipinski definition) is 4. The number of rotatable bonds is 9. The van der Waals surface area contributed by atoms with Gasteiger partial charge in [0.15, 0.2) is 0 Å². The molecule has 0 bridgehead atoms. The lowest BCUT2D eigenvalue weighted by atomic mass is 9.96. The summed E-state index contributed by atoms with van der Waals surface area (Å²) >= 11 is 0. The van der Waals surface area contributed by atoms with Gasteiger partial charge in [-0.3, -0.25) is 14.6 Å². The molecule has 1 spiro atoms. The van der Waals surface area contributed by atoms with Crippen LogP contribution in [-0.4, -0.2) is 58.6 Å². The van der Waals surface area contributed by atoms with Crippen LogP contribution >= 0.6 is 0 Å². The molecule has 2 aliphatic rings. The van der Waals surface area contributed by atoms with E-state index in [1.165, 1.54) is 4.90 Å². The molecule has 2 aromatic rings. The summed E-state index contributed by atoms with van der Waals surface area (Å²) in [5.74, 6) is -0.0759. The quantitative estimate of drug-likeness (QED) is 0.609. The molecule has 3 amide bonds. The summed E-state index contributed by atoms with van der Waals surface area (Å²) < 4.78 is 0. The topological polar surface area (TPSA) is 72.9 Å². The van der Waals surface area contributed by atoms with Crippen molar-refractivity contribution in [3.8, 4) is 0 Å². The number of nitrogens with zero attached hydrogens (tertiary/aromatic N) is 2. The van der Waals surface area contributed by atoms with E-state index in [1.807, 2.05) is 36.4 Å². The summed E-state index contributed by atoms with van der Waals surface area (Å²) in [5, 5.41) is 12.5. The van der Waals surface area contributed by atoms with Crippen molar-refractivity contribution in [3.05, 3.63) is 71.8 Å². The number of urea groups is 1. The molecule has 1 saturated carbocycles. The van der Waals surface area contributed by atoms with Crippen molar-refractivity contribution in [2.75, 3.05) is 26.2 Å². The first-order valence-corrected chi connectivity index (χ1v) is 11.2. The predicted molar refractivity (Wildman–Crippen MR) is 119 cm³/mol. The maximum Gasteiger partial charge on any atom is 0.325 e. The van der Waals surface area contributed by atoms with E-state index in [0.717, 1.165) is 36.8 Å². The maximum atomic E-state index is 13.1. The van der Waals surface area contributed by atoms with Crippen LogP contribution in [0.5, 0.6) is 0 Å². The van der Waals surface area contributed by atoms with Crippen LogP contribution in [0.1, 0.15) is 49.3 Å². The summed E-state index contributed by atoms with van der Waals surface area (Å²) in [7, 11) is 0. The Balaban J connectivity index is 1.57. The van der Waals surface area contributed by atoms with Gasteiger partial charge in [-0.05, 0) is 30.4 Å². The summed E-state index contributed by atoms with van der Waals surface area (Å²) in [6.45, 7) is 1.65. The molecule has 4 rings (SSSR count). The van der Waals surface area contributed by atoms with Crippen molar-refractivity contribution in [2.24, 2.45) is 0 Å². The van der Waals surface area contributed by atoms with Gasteiger partial charge in [-0.2, -0.15) is 0 Å². The molecule has 6 heteroatoms. The monoisotopic (exact) mass is 421 g/mol. The van der Waals surface area contributed by atoms with Crippen molar-refractivity contribution >= 4 is 11.9 Å². The summed E-state index contributed by atoms with van der Waals surface area (Å²) in [6.07, 6.45) is 4.05. The molecule has 1 aliphatic carbocycles. The van der Waals surface area contributed by atoms with E-state index >= 15 is 0 Å². The molecule has 2 aromatic carbocycles. The molecule has 1 heterocycles. The molecular formula is C25H31N3O3. The first-order valence-electron chi connectivity index (χ1n) is 11.2. The number of aliphatic hydroxyl groups excluding tert-OH is 1. The van der Waals surface area contributed by atoms with Gasteiger partial charge in [0.25, 0.3) is 5.91 Å². The van der Waals surface area contributed by atoms with E-state index in [-0.39, 0.29) is 24.6 Å². The Morgan fingerprint density at radius 3 is 2.06 bits per heavy atom. The minimum Gasteiger partial charge on any atom is -0.396 e. The molecule has 31 heavy (non-hydrogen) atoms. The third kappa shape index (κ3) is 4.50. The van der Waals surface area contributed by atoms with E-state index in [1.54, 1.807) is 0 Å². The second-order valence-corrected chi connectivity index (χ2v) is 8.51. The smallest absolute Gasteiger partial charge is 0.325 e. The maximum absolute atomic E-state index is 13.1. The van der Waals surface area contributed by atoms with Crippen LogP contribution in [0.4, 0.5) is 4.79 Å². The van der Waals surface area contributed by atoms with Crippen molar-refractivity contribution < 1.29 is 14.7 Å². The molecule has 1 aliphatic heterocycles. The lowest BCUT2D eigenvalue weighted by molar-refractivity contribution is -0.131. The summed E-state index contributed by atoms with van der Waals surface area (Å²) in [5.41, 5.74) is 1.62. The van der Waals surface area contributed by atoms with E-state index in [2.05, 4.69) is 34.5 Å². The van der Waals surface area contributed by atoms with Gasteiger partial charge >= 0.3 is 6.03 Å². The Morgan fingerprint density at radius 2 is 1.52 bits per heavy atom. The highest BCUT2D eigenvalue weighted by Crippen LogP contribution is 2.35. The third-order valence-corrected chi connectivity index (χ3v) is 6.51. The Morgan fingerprint density at radius 1 is 0.935 bits per heavy atom. The molecule has 0 atom stereocenters. The molecule has 164 valence electrons. The predicted octanol–water partition coefficient (Wildman–Crippen LogP) is 3.33. The standard InChI is InChI=1S/C25H31N3O3/c29-19-9-16-27(17-18-28-23(30)25(26-24(28)31)14-7-8-15-25)22(20-10-3-1-4-11-20)21-12-5-2-6-13-21/h1-6,10-13,22,29H,7-9,14-19H2,(H,26,31). The van der Waals surface area contributed by atoms with Crippen LogP contribution < -0.4 is 5.32 Å².